The number of hydrogen-bond donors (Lipinski definition) is 1. The summed E-state index contributed by atoms with van der Waals surface area (Å²) in [5, 5.41) is 0. The van der Waals surface area contributed by atoms with E-state index in [4.69, 9.17) is 10.5 Å². The summed E-state index contributed by atoms with van der Waals surface area (Å²) in [6.07, 6.45) is 6.31. The first-order chi connectivity index (χ1) is 10.3. The van der Waals surface area contributed by atoms with Crippen molar-refractivity contribution in [3.8, 4) is 17.1 Å². The predicted molar refractivity (Wildman–Crippen MR) is 78.2 cm³/mol. The molecule has 6 nitrogen and oxygen atoms in total. The van der Waals surface area contributed by atoms with Gasteiger partial charge in [-0.05, 0) is 5.56 Å². The highest BCUT2D eigenvalue weighted by molar-refractivity contribution is 5.71. The van der Waals surface area contributed by atoms with Gasteiger partial charge in [0, 0.05) is 29.7 Å². The molecule has 0 unspecified atom stereocenters. The zero-order chi connectivity index (χ0) is 14.5. The average molecular weight is 279 g/mol. The second-order valence-electron chi connectivity index (χ2n) is 4.35. The average Bonchev–Trinajstić information content (AvgIpc) is 2.55. The van der Waals surface area contributed by atoms with Crippen molar-refractivity contribution in [2.45, 2.75) is 6.61 Å². The molecule has 0 fully saturated rings. The molecule has 1 aromatic carbocycles. The molecule has 0 radical (unpaired) electrons. The molecule has 2 aromatic heterocycles. The van der Waals surface area contributed by atoms with Gasteiger partial charge < -0.3 is 10.5 Å². The fraction of sp³-hybridized carbons (Fsp3) is 0.0667. The largest absolute Gasteiger partial charge is 0.459 e. The Labute approximate surface area is 121 Å². The third-order valence-corrected chi connectivity index (χ3v) is 2.89. The number of rotatable bonds is 4. The standard InChI is InChI=1S/C15H13N5O/c16-14-13(8-17-10-20-14)12-6-18-15(19-7-12)21-9-11-4-2-1-3-5-11/h1-8,10H,9H2,(H2,16,17,20). The lowest BCUT2D eigenvalue weighted by Gasteiger charge is -2.06. The van der Waals surface area contributed by atoms with Gasteiger partial charge in [-0.15, -0.1) is 0 Å². The van der Waals surface area contributed by atoms with Crippen LogP contribution in [0.25, 0.3) is 11.1 Å². The van der Waals surface area contributed by atoms with Gasteiger partial charge in [0.1, 0.15) is 18.8 Å². The Hall–Kier alpha value is -3.02. The number of anilines is 1. The van der Waals surface area contributed by atoms with E-state index in [9.17, 15) is 0 Å². The van der Waals surface area contributed by atoms with E-state index in [-0.39, 0.29) is 0 Å². The maximum Gasteiger partial charge on any atom is 0.316 e. The Kier molecular flexibility index (Phi) is 3.68. The normalized spacial score (nSPS) is 10.3. The van der Waals surface area contributed by atoms with Crippen LogP contribution in [0.3, 0.4) is 0 Å². The quantitative estimate of drug-likeness (QED) is 0.787. The minimum absolute atomic E-state index is 0.318. The third-order valence-electron chi connectivity index (χ3n) is 2.89. The van der Waals surface area contributed by atoms with Crippen LogP contribution in [-0.2, 0) is 6.61 Å². The number of nitrogen functional groups attached to an aromatic ring is 1. The van der Waals surface area contributed by atoms with Crippen LogP contribution in [0.2, 0.25) is 0 Å². The molecule has 3 aromatic rings. The maximum atomic E-state index is 5.79. The number of hydrogen-bond acceptors (Lipinski definition) is 6. The smallest absolute Gasteiger partial charge is 0.316 e. The van der Waals surface area contributed by atoms with Gasteiger partial charge in [-0.1, -0.05) is 30.3 Å². The van der Waals surface area contributed by atoms with Crippen molar-refractivity contribution in [2.75, 3.05) is 5.73 Å². The van der Waals surface area contributed by atoms with E-state index in [1.165, 1.54) is 6.33 Å². The molecule has 0 spiro atoms. The summed E-state index contributed by atoms with van der Waals surface area (Å²) in [5.74, 6) is 0.395. The number of aromatic nitrogens is 4. The topological polar surface area (TPSA) is 86.8 Å². The predicted octanol–water partition coefficient (Wildman–Crippen LogP) is 2.09. The molecule has 2 N–H and O–H groups in total. The lowest BCUT2D eigenvalue weighted by molar-refractivity contribution is 0.281. The van der Waals surface area contributed by atoms with Crippen LogP contribution in [0, 0.1) is 0 Å². The van der Waals surface area contributed by atoms with E-state index in [1.54, 1.807) is 18.6 Å². The lowest BCUT2D eigenvalue weighted by Crippen LogP contribution is -2.00. The van der Waals surface area contributed by atoms with Gasteiger partial charge in [-0.2, -0.15) is 0 Å². The molecule has 0 aliphatic carbocycles. The van der Waals surface area contributed by atoms with Gasteiger partial charge in [-0.25, -0.2) is 19.9 Å². The fourth-order valence-electron chi connectivity index (χ4n) is 1.81. The number of benzene rings is 1. The van der Waals surface area contributed by atoms with Crippen LogP contribution in [0.4, 0.5) is 5.82 Å². The number of nitrogens with zero attached hydrogens (tertiary/aromatic N) is 4. The first-order valence-electron chi connectivity index (χ1n) is 6.37. The molecular formula is C15H13N5O. The Morgan fingerprint density at radius 2 is 1.71 bits per heavy atom. The molecule has 0 atom stereocenters. The second kappa shape index (κ2) is 5.96. The molecule has 104 valence electrons. The van der Waals surface area contributed by atoms with Gasteiger partial charge in [-0.3, -0.25) is 0 Å². The third kappa shape index (κ3) is 3.11. The Bertz CT molecular complexity index is 716. The molecule has 0 aliphatic heterocycles. The van der Waals surface area contributed by atoms with Crippen LogP contribution < -0.4 is 10.5 Å². The van der Waals surface area contributed by atoms with E-state index in [2.05, 4.69) is 19.9 Å². The molecule has 21 heavy (non-hydrogen) atoms. The molecule has 0 saturated carbocycles. The summed E-state index contributed by atoms with van der Waals surface area (Å²) >= 11 is 0. The molecular weight excluding hydrogens is 266 g/mol. The van der Waals surface area contributed by atoms with E-state index < -0.39 is 0 Å². The van der Waals surface area contributed by atoms with Crippen LogP contribution in [0.15, 0.2) is 55.2 Å². The molecule has 0 amide bonds. The van der Waals surface area contributed by atoms with Gasteiger partial charge in [0.15, 0.2) is 0 Å². The lowest BCUT2D eigenvalue weighted by atomic mass is 10.2. The zero-order valence-electron chi connectivity index (χ0n) is 11.2. The maximum absolute atomic E-state index is 5.79. The highest BCUT2D eigenvalue weighted by atomic mass is 16.5. The van der Waals surface area contributed by atoms with E-state index in [1.807, 2.05) is 30.3 Å². The van der Waals surface area contributed by atoms with Crippen molar-refractivity contribution in [2.24, 2.45) is 0 Å². The monoisotopic (exact) mass is 279 g/mol. The summed E-state index contributed by atoms with van der Waals surface area (Å²) < 4.78 is 5.53. The molecule has 2 heterocycles. The summed E-state index contributed by atoms with van der Waals surface area (Å²) in [6.45, 7) is 0.427. The summed E-state index contributed by atoms with van der Waals surface area (Å²) in [4.78, 5) is 16.2. The number of nitrogens with two attached hydrogens (primary N) is 1. The molecule has 0 bridgehead atoms. The van der Waals surface area contributed by atoms with Crippen LogP contribution in [0.5, 0.6) is 6.01 Å². The number of ether oxygens (including phenoxy) is 1. The summed E-state index contributed by atoms with van der Waals surface area (Å²) in [6, 6.07) is 10.2. The minimum Gasteiger partial charge on any atom is -0.459 e. The highest BCUT2D eigenvalue weighted by Gasteiger charge is 2.06. The van der Waals surface area contributed by atoms with E-state index in [0.29, 0.717) is 24.0 Å². The van der Waals surface area contributed by atoms with Crippen LogP contribution >= 0.6 is 0 Å². The Morgan fingerprint density at radius 3 is 2.43 bits per heavy atom. The van der Waals surface area contributed by atoms with Gasteiger partial charge in [0.05, 0.1) is 0 Å². The summed E-state index contributed by atoms with van der Waals surface area (Å²) in [5.41, 5.74) is 8.30. The summed E-state index contributed by atoms with van der Waals surface area (Å²) in [7, 11) is 0. The van der Waals surface area contributed by atoms with Crippen molar-refractivity contribution in [1.29, 1.82) is 0 Å². The van der Waals surface area contributed by atoms with Crippen molar-refractivity contribution < 1.29 is 4.74 Å². The first-order valence-corrected chi connectivity index (χ1v) is 6.37. The fourth-order valence-corrected chi connectivity index (χ4v) is 1.81. The van der Waals surface area contributed by atoms with Gasteiger partial charge >= 0.3 is 6.01 Å². The van der Waals surface area contributed by atoms with Crippen molar-refractivity contribution in [1.82, 2.24) is 19.9 Å². The zero-order valence-corrected chi connectivity index (χ0v) is 11.2. The molecule has 0 saturated heterocycles. The Balaban J connectivity index is 1.71. The van der Waals surface area contributed by atoms with Crippen LogP contribution in [0.1, 0.15) is 5.56 Å². The second-order valence-corrected chi connectivity index (χ2v) is 4.35. The molecule has 3 rings (SSSR count). The molecule has 6 heteroatoms. The van der Waals surface area contributed by atoms with Crippen molar-refractivity contribution in [3.63, 3.8) is 0 Å². The molecule has 0 aliphatic rings. The highest BCUT2D eigenvalue weighted by Crippen LogP contribution is 2.22. The SMILES string of the molecule is Nc1ncncc1-c1cnc(OCc2ccccc2)nc1. The Morgan fingerprint density at radius 1 is 0.952 bits per heavy atom. The first kappa shape index (κ1) is 13.0. The van der Waals surface area contributed by atoms with Crippen molar-refractivity contribution in [3.05, 3.63) is 60.8 Å². The van der Waals surface area contributed by atoms with E-state index >= 15 is 0 Å². The van der Waals surface area contributed by atoms with Crippen LogP contribution in [-0.4, -0.2) is 19.9 Å². The van der Waals surface area contributed by atoms with Gasteiger partial charge in [0.25, 0.3) is 0 Å². The van der Waals surface area contributed by atoms with Gasteiger partial charge in [0.2, 0.25) is 0 Å². The van der Waals surface area contributed by atoms with E-state index in [0.717, 1.165) is 11.1 Å². The van der Waals surface area contributed by atoms with Crippen molar-refractivity contribution >= 4 is 5.82 Å². The minimum atomic E-state index is 0.318.